The number of nitrogens with zero attached hydrogens (tertiary/aromatic N) is 1. The van der Waals surface area contributed by atoms with Gasteiger partial charge in [-0.1, -0.05) is 18.5 Å². The monoisotopic (exact) mass is 327 g/mol. The van der Waals surface area contributed by atoms with E-state index in [0.717, 1.165) is 19.5 Å². The van der Waals surface area contributed by atoms with Gasteiger partial charge in [-0.05, 0) is 19.0 Å². The number of hydrogen-bond donors (Lipinski definition) is 3. The number of halogens is 1. The lowest BCUT2D eigenvalue weighted by molar-refractivity contribution is 0.0935. The molecule has 1 fully saturated rings. The number of likely N-dealkylation sites (tertiary alicyclic amines) is 1. The summed E-state index contributed by atoms with van der Waals surface area (Å²) in [7, 11) is 1.48. The molecule has 0 spiro atoms. The Morgan fingerprint density at radius 1 is 1.59 bits per heavy atom. The van der Waals surface area contributed by atoms with Gasteiger partial charge in [0, 0.05) is 24.7 Å². The molecule has 22 heavy (non-hydrogen) atoms. The van der Waals surface area contributed by atoms with Crippen molar-refractivity contribution >= 4 is 23.2 Å². The van der Waals surface area contributed by atoms with E-state index in [2.05, 4.69) is 10.2 Å². The topological polar surface area (TPSA) is 87.8 Å². The summed E-state index contributed by atoms with van der Waals surface area (Å²) in [5, 5.41) is 12.7. The van der Waals surface area contributed by atoms with Crippen LogP contribution in [0.4, 0.5) is 5.69 Å². The number of likely N-dealkylation sites (N-methyl/N-ethyl adjacent to an activating group) is 1. The predicted octanol–water partition coefficient (Wildman–Crippen LogP) is 1.12. The van der Waals surface area contributed by atoms with Crippen LogP contribution in [0.25, 0.3) is 0 Å². The van der Waals surface area contributed by atoms with Gasteiger partial charge in [0.15, 0.2) is 0 Å². The number of carbonyl (C=O) groups is 1. The molecular weight excluding hydrogens is 306 g/mol. The van der Waals surface area contributed by atoms with Crippen molar-refractivity contribution in [3.8, 4) is 5.75 Å². The molecule has 1 saturated heterocycles. The number of carbonyl (C=O) groups excluding carboxylic acids is 1. The second kappa shape index (κ2) is 7.17. The first-order valence-corrected chi connectivity index (χ1v) is 7.66. The molecule has 0 radical (unpaired) electrons. The second-order valence-electron chi connectivity index (χ2n) is 5.40. The van der Waals surface area contributed by atoms with Crippen LogP contribution < -0.4 is 15.8 Å². The van der Waals surface area contributed by atoms with Gasteiger partial charge >= 0.3 is 0 Å². The van der Waals surface area contributed by atoms with Crippen LogP contribution in [0.2, 0.25) is 5.02 Å². The molecule has 1 aliphatic heterocycles. The van der Waals surface area contributed by atoms with Crippen LogP contribution in [0.15, 0.2) is 12.1 Å². The Hall–Kier alpha value is -1.50. The SMILES string of the molecule is CCN1C[C@@H](NC(=O)c2cc(Cl)c(N)cc2OC)C[C@@H]1CO. The molecule has 0 bridgehead atoms. The van der Waals surface area contributed by atoms with Crippen molar-refractivity contribution < 1.29 is 14.6 Å². The zero-order valence-electron chi connectivity index (χ0n) is 12.8. The van der Waals surface area contributed by atoms with Crippen molar-refractivity contribution in [3.05, 3.63) is 22.7 Å². The second-order valence-corrected chi connectivity index (χ2v) is 5.81. The molecule has 6 nitrogen and oxygen atoms in total. The van der Waals surface area contributed by atoms with E-state index in [4.69, 9.17) is 22.1 Å². The zero-order chi connectivity index (χ0) is 16.3. The molecular formula is C15H22ClN3O3. The summed E-state index contributed by atoms with van der Waals surface area (Å²) in [6.07, 6.45) is 0.723. The third-order valence-corrected chi connectivity index (χ3v) is 4.37. The molecule has 1 aromatic carbocycles. The summed E-state index contributed by atoms with van der Waals surface area (Å²) in [6.45, 7) is 3.69. The number of anilines is 1. The largest absolute Gasteiger partial charge is 0.496 e. The summed E-state index contributed by atoms with van der Waals surface area (Å²) in [4.78, 5) is 14.6. The van der Waals surface area contributed by atoms with Gasteiger partial charge in [-0.2, -0.15) is 0 Å². The minimum atomic E-state index is -0.251. The van der Waals surface area contributed by atoms with Crippen LogP contribution in [0.5, 0.6) is 5.75 Å². The number of nitrogens with one attached hydrogen (secondary N) is 1. The summed E-state index contributed by atoms with van der Waals surface area (Å²) in [5.41, 5.74) is 6.45. The molecule has 1 aromatic rings. The van der Waals surface area contributed by atoms with E-state index >= 15 is 0 Å². The Morgan fingerprint density at radius 2 is 2.32 bits per heavy atom. The maximum atomic E-state index is 12.5. The van der Waals surface area contributed by atoms with E-state index in [1.165, 1.54) is 13.2 Å². The van der Waals surface area contributed by atoms with Gasteiger partial charge in [0.1, 0.15) is 5.75 Å². The van der Waals surface area contributed by atoms with Crippen LogP contribution in [0.3, 0.4) is 0 Å². The fraction of sp³-hybridized carbons (Fsp3) is 0.533. The lowest BCUT2D eigenvalue weighted by Crippen LogP contribution is -2.37. The number of methoxy groups -OCH3 is 1. The highest BCUT2D eigenvalue weighted by molar-refractivity contribution is 6.33. The molecule has 0 unspecified atom stereocenters. The lowest BCUT2D eigenvalue weighted by Gasteiger charge is -2.19. The highest BCUT2D eigenvalue weighted by atomic mass is 35.5. The number of aliphatic hydroxyl groups is 1. The fourth-order valence-corrected chi connectivity index (χ4v) is 3.01. The first-order chi connectivity index (χ1) is 10.5. The third kappa shape index (κ3) is 3.45. The molecule has 1 heterocycles. The van der Waals surface area contributed by atoms with E-state index < -0.39 is 0 Å². The standard InChI is InChI=1S/C15H22ClN3O3/c1-3-19-7-9(4-10(19)8-20)18-15(21)11-5-12(16)13(17)6-14(11)22-2/h5-6,9-10,20H,3-4,7-8,17H2,1-2H3,(H,18,21)/t9-,10+/m0/s1. The molecule has 1 amide bonds. The van der Waals surface area contributed by atoms with Crippen molar-refractivity contribution in [2.24, 2.45) is 0 Å². The van der Waals surface area contributed by atoms with Crippen LogP contribution in [0, 0.1) is 0 Å². The van der Waals surface area contributed by atoms with Crippen LogP contribution in [-0.2, 0) is 0 Å². The Morgan fingerprint density at radius 3 is 2.86 bits per heavy atom. The number of ether oxygens (including phenoxy) is 1. The highest BCUT2D eigenvalue weighted by Gasteiger charge is 2.32. The number of benzene rings is 1. The van der Waals surface area contributed by atoms with Crippen molar-refractivity contribution in [3.63, 3.8) is 0 Å². The summed E-state index contributed by atoms with van der Waals surface area (Å²) in [5.74, 6) is 0.141. The number of nitrogens with two attached hydrogens (primary N) is 1. The maximum absolute atomic E-state index is 12.5. The molecule has 2 rings (SSSR count). The minimum absolute atomic E-state index is 0.00867. The summed E-state index contributed by atoms with van der Waals surface area (Å²) < 4.78 is 5.20. The van der Waals surface area contributed by atoms with Crippen molar-refractivity contribution in [1.82, 2.24) is 10.2 Å². The zero-order valence-corrected chi connectivity index (χ0v) is 13.6. The van der Waals surface area contributed by atoms with Gasteiger partial charge in [-0.25, -0.2) is 0 Å². The van der Waals surface area contributed by atoms with Gasteiger partial charge in [-0.3, -0.25) is 9.69 Å². The normalized spacial score (nSPS) is 21.8. The van der Waals surface area contributed by atoms with Crippen LogP contribution in [-0.4, -0.2) is 54.8 Å². The lowest BCUT2D eigenvalue weighted by atomic mass is 10.1. The average molecular weight is 328 g/mol. The Balaban J connectivity index is 2.12. The quantitative estimate of drug-likeness (QED) is 0.705. The smallest absolute Gasteiger partial charge is 0.255 e. The number of amides is 1. The Kier molecular flexibility index (Phi) is 5.50. The van der Waals surface area contributed by atoms with Gasteiger partial charge < -0.3 is 20.9 Å². The Bertz CT molecular complexity index is 541. The number of nitrogen functional groups attached to an aromatic ring is 1. The van der Waals surface area contributed by atoms with E-state index in [0.29, 0.717) is 22.0 Å². The van der Waals surface area contributed by atoms with E-state index in [1.807, 2.05) is 6.92 Å². The molecule has 4 N–H and O–H groups in total. The first-order valence-electron chi connectivity index (χ1n) is 7.28. The van der Waals surface area contributed by atoms with Crippen molar-refractivity contribution in [1.29, 1.82) is 0 Å². The first kappa shape index (κ1) is 16.9. The molecule has 0 aromatic heterocycles. The molecule has 122 valence electrons. The van der Waals surface area contributed by atoms with Gasteiger partial charge in [0.25, 0.3) is 5.91 Å². The van der Waals surface area contributed by atoms with Gasteiger partial charge in [0.2, 0.25) is 0 Å². The van der Waals surface area contributed by atoms with E-state index in [1.54, 1.807) is 6.07 Å². The van der Waals surface area contributed by atoms with Crippen LogP contribution >= 0.6 is 11.6 Å². The molecule has 0 aliphatic carbocycles. The number of aliphatic hydroxyl groups excluding tert-OH is 1. The summed E-state index contributed by atoms with van der Waals surface area (Å²) in [6, 6.07) is 3.14. The van der Waals surface area contributed by atoms with Gasteiger partial charge in [-0.15, -0.1) is 0 Å². The Labute approximate surface area is 135 Å². The fourth-order valence-electron chi connectivity index (χ4n) is 2.84. The van der Waals surface area contributed by atoms with Crippen molar-refractivity contribution in [2.75, 3.05) is 32.5 Å². The predicted molar refractivity (Wildman–Crippen MR) is 86.4 cm³/mol. The van der Waals surface area contributed by atoms with Gasteiger partial charge in [0.05, 0.1) is 30.0 Å². The molecule has 7 heteroatoms. The van der Waals surface area contributed by atoms with E-state index in [-0.39, 0.29) is 24.6 Å². The summed E-state index contributed by atoms with van der Waals surface area (Å²) >= 11 is 5.99. The van der Waals surface area contributed by atoms with E-state index in [9.17, 15) is 9.90 Å². The van der Waals surface area contributed by atoms with Crippen molar-refractivity contribution in [2.45, 2.75) is 25.4 Å². The molecule has 1 aliphatic rings. The molecule has 0 saturated carbocycles. The highest BCUT2D eigenvalue weighted by Crippen LogP contribution is 2.29. The number of hydrogen-bond acceptors (Lipinski definition) is 5. The molecule has 2 atom stereocenters. The minimum Gasteiger partial charge on any atom is -0.496 e. The van der Waals surface area contributed by atoms with Crippen LogP contribution in [0.1, 0.15) is 23.7 Å². The maximum Gasteiger partial charge on any atom is 0.255 e. The average Bonchev–Trinajstić information content (AvgIpc) is 2.91. The third-order valence-electron chi connectivity index (χ3n) is 4.04. The number of rotatable bonds is 5.